The zero-order valence-electron chi connectivity index (χ0n) is 11.1. The van der Waals surface area contributed by atoms with Gasteiger partial charge in [-0.05, 0) is 26.2 Å². The first-order valence-corrected chi connectivity index (χ1v) is 6.67. The highest BCUT2D eigenvalue weighted by molar-refractivity contribution is 5.81. The second-order valence-electron chi connectivity index (χ2n) is 5.73. The van der Waals surface area contributed by atoms with Crippen molar-refractivity contribution in [2.75, 3.05) is 18.0 Å². The highest BCUT2D eigenvalue weighted by Crippen LogP contribution is 2.32. The van der Waals surface area contributed by atoms with Crippen LogP contribution in [0.4, 0.5) is 6.01 Å². The maximum Gasteiger partial charge on any atom is 0.318 e. The Bertz CT molecular complexity index is 484. The number of hydrogen-bond donors (Lipinski definition) is 2. The number of amides is 1. The Morgan fingerprint density at radius 2 is 2.37 bits per heavy atom. The third-order valence-corrected chi connectivity index (χ3v) is 3.91. The van der Waals surface area contributed by atoms with Gasteiger partial charge in [0.25, 0.3) is 0 Å². The number of anilines is 1. The highest BCUT2D eigenvalue weighted by Gasteiger charge is 2.40. The van der Waals surface area contributed by atoms with E-state index in [1.54, 1.807) is 0 Å². The molecule has 1 aromatic heterocycles. The number of primary amides is 1. The highest BCUT2D eigenvalue weighted by atomic mass is 16.4. The first kappa shape index (κ1) is 12.4. The molecule has 0 radical (unpaired) electrons. The average Bonchev–Trinajstić information content (AvgIpc) is 2.93. The molecule has 104 valence electrons. The van der Waals surface area contributed by atoms with Crippen molar-refractivity contribution in [1.29, 1.82) is 0 Å². The molecule has 7 heteroatoms. The van der Waals surface area contributed by atoms with E-state index in [1.807, 2.05) is 11.8 Å². The van der Waals surface area contributed by atoms with Crippen LogP contribution in [-0.4, -0.2) is 35.2 Å². The quantitative estimate of drug-likeness (QED) is 0.779. The molecule has 3 N–H and O–H groups in total. The summed E-state index contributed by atoms with van der Waals surface area (Å²) in [6.07, 6.45) is 3.18. The van der Waals surface area contributed by atoms with Crippen molar-refractivity contribution in [2.45, 2.75) is 38.8 Å². The van der Waals surface area contributed by atoms with Crippen LogP contribution in [0.3, 0.4) is 0 Å². The van der Waals surface area contributed by atoms with Gasteiger partial charge in [-0.15, -0.1) is 5.10 Å². The van der Waals surface area contributed by atoms with Crippen LogP contribution in [0.1, 0.15) is 32.1 Å². The molecule has 2 fully saturated rings. The number of carbonyl (C=O) groups is 1. The van der Waals surface area contributed by atoms with E-state index in [-0.39, 0.29) is 5.91 Å². The van der Waals surface area contributed by atoms with Gasteiger partial charge in [0.15, 0.2) is 0 Å². The lowest BCUT2D eigenvalue weighted by atomic mass is 9.89. The van der Waals surface area contributed by atoms with E-state index in [0.29, 0.717) is 31.0 Å². The molecular weight excluding hydrogens is 246 g/mol. The fraction of sp³-hybridized carbons (Fsp3) is 0.750. The van der Waals surface area contributed by atoms with Crippen LogP contribution in [0, 0.1) is 5.41 Å². The van der Waals surface area contributed by atoms with Crippen molar-refractivity contribution in [1.82, 2.24) is 15.5 Å². The van der Waals surface area contributed by atoms with Crippen LogP contribution in [-0.2, 0) is 11.3 Å². The standard InChI is InChI=1S/C12H19N5O2/c1-12(10(13)18)4-5-17(7-12)11-16-15-9(19-11)6-14-8-2-3-8/h8,14H,2-7H2,1H3,(H2,13,18). The van der Waals surface area contributed by atoms with E-state index in [2.05, 4.69) is 15.5 Å². The van der Waals surface area contributed by atoms with Gasteiger partial charge >= 0.3 is 6.01 Å². The molecule has 0 spiro atoms. The summed E-state index contributed by atoms with van der Waals surface area (Å²) in [5.41, 5.74) is 4.92. The van der Waals surface area contributed by atoms with Crippen LogP contribution < -0.4 is 16.0 Å². The van der Waals surface area contributed by atoms with Gasteiger partial charge in [0.1, 0.15) is 0 Å². The van der Waals surface area contributed by atoms with Crippen molar-refractivity contribution in [3.05, 3.63) is 5.89 Å². The van der Waals surface area contributed by atoms with Crippen LogP contribution in [0.25, 0.3) is 0 Å². The average molecular weight is 265 g/mol. The van der Waals surface area contributed by atoms with E-state index >= 15 is 0 Å². The Kier molecular flexibility index (Phi) is 2.93. The summed E-state index contributed by atoms with van der Waals surface area (Å²) < 4.78 is 5.61. The number of nitrogens with two attached hydrogens (primary N) is 1. The molecule has 7 nitrogen and oxygen atoms in total. The summed E-state index contributed by atoms with van der Waals surface area (Å²) in [5.74, 6) is 0.319. The molecule has 1 atom stereocenters. The zero-order chi connectivity index (χ0) is 13.5. The lowest BCUT2D eigenvalue weighted by Gasteiger charge is -2.19. The Labute approximate surface area is 111 Å². The van der Waals surface area contributed by atoms with Crippen LogP contribution in [0.5, 0.6) is 0 Å². The van der Waals surface area contributed by atoms with Crippen molar-refractivity contribution >= 4 is 11.9 Å². The van der Waals surface area contributed by atoms with Gasteiger partial charge in [-0.25, -0.2) is 0 Å². The van der Waals surface area contributed by atoms with Gasteiger partial charge in [0, 0.05) is 19.1 Å². The van der Waals surface area contributed by atoms with Gasteiger partial charge in [-0.2, -0.15) is 0 Å². The molecule has 0 bridgehead atoms. The van der Waals surface area contributed by atoms with Gasteiger partial charge in [0.05, 0.1) is 12.0 Å². The molecule has 1 amide bonds. The molecule has 1 unspecified atom stereocenters. The summed E-state index contributed by atoms with van der Waals surface area (Å²) in [4.78, 5) is 13.3. The molecule has 2 heterocycles. The molecule has 0 aromatic carbocycles. The Morgan fingerprint density at radius 1 is 1.58 bits per heavy atom. The molecule has 2 aliphatic rings. The molecule has 1 saturated carbocycles. The molecule has 1 aromatic rings. The van der Waals surface area contributed by atoms with E-state index in [4.69, 9.17) is 10.2 Å². The number of nitrogens with one attached hydrogen (secondary N) is 1. The van der Waals surface area contributed by atoms with Crippen molar-refractivity contribution in [2.24, 2.45) is 11.1 Å². The molecule has 1 saturated heterocycles. The van der Waals surface area contributed by atoms with Crippen molar-refractivity contribution in [3.8, 4) is 0 Å². The topological polar surface area (TPSA) is 97.3 Å². The van der Waals surface area contributed by atoms with Crippen molar-refractivity contribution in [3.63, 3.8) is 0 Å². The predicted octanol–water partition coefficient (Wildman–Crippen LogP) is 0.0233. The molecule has 1 aliphatic carbocycles. The molecule has 19 heavy (non-hydrogen) atoms. The number of rotatable bonds is 5. The van der Waals surface area contributed by atoms with E-state index in [0.717, 1.165) is 13.0 Å². The monoisotopic (exact) mass is 265 g/mol. The Morgan fingerprint density at radius 3 is 3.00 bits per heavy atom. The van der Waals surface area contributed by atoms with E-state index < -0.39 is 5.41 Å². The number of nitrogens with zero attached hydrogens (tertiary/aromatic N) is 3. The first-order chi connectivity index (χ1) is 9.07. The largest absolute Gasteiger partial charge is 0.407 e. The number of carbonyl (C=O) groups excluding carboxylic acids is 1. The Hall–Kier alpha value is -1.63. The van der Waals surface area contributed by atoms with Gasteiger partial charge < -0.3 is 20.4 Å². The lowest BCUT2D eigenvalue weighted by molar-refractivity contribution is -0.125. The van der Waals surface area contributed by atoms with Gasteiger partial charge in [0.2, 0.25) is 11.8 Å². The Balaban J connectivity index is 1.61. The number of aromatic nitrogens is 2. The minimum atomic E-state index is -0.499. The summed E-state index contributed by atoms with van der Waals surface area (Å²) in [6.45, 7) is 3.75. The van der Waals surface area contributed by atoms with E-state index in [1.165, 1.54) is 12.8 Å². The predicted molar refractivity (Wildman–Crippen MR) is 68.3 cm³/mol. The van der Waals surface area contributed by atoms with Crippen LogP contribution in [0.2, 0.25) is 0 Å². The minimum Gasteiger partial charge on any atom is -0.407 e. The fourth-order valence-electron chi connectivity index (χ4n) is 2.29. The third kappa shape index (κ3) is 2.56. The van der Waals surface area contributed by atoms with Crippen LogP contribution in [0.15, 0.2) is 4.42 Å². The minimum absolute atomic E-state index is 0.273. The SMILES string of the molecule is CC1(C(N)=O)CCN(c2nnc(CNC3CC3)o2)C1. The normalized spacial score (nSPS) is 26.9. The summed E-state index contributed by atoms with van der Waals surface area (Å²) in [6, 6.07) is 1.10. The molecular formula is C12H19N5O2. The first-order valence-electron chi connectivity index (χ1n) is 6.67. The summed E-state index contributed by atoms with van der Waals surface area (Å²) in [5, 5.41) is 11.4. The lowest BCUT2D eigenvalue weighted by Crippen LogP contribution is -2.37. The summed E-state index contributed by atoms with van der Waals surface area (Å²) in [7, 11) is 0. The van der Waals surface area contributed by atoms with Gasteiger partial charge in [-0.3, -0.25) is 4.79 Å². The summed E-state index contributed by atoms with van der Waals surface area (Å²) >= 11 is 0. The van der Waals surface area contributed by atoms with Crippen molar-refractivity contribution < 1.29 is 9.21 Å². The number of hydrogen-bond acceptors (Lipinski definition) is 6. The second kappa shape index (κ2) is 4.48. The maximum atomic E-state index is 11.4. The second-order valence-corrected chi connectivity index (χ2v) is 5.73. The van der Waals surface area contributed by atoms with Crippen LogP contribution >= 0.6 is 0 Å². The zero-order valence-corrected chi connectivity index (χ0v) is 11.1. The fourth-order valence-corrected chi connectivity index (χ4v) is 2.29. The third-order valence-electron chi connectivity index (χ3n) is 3.91. The molecule has 3 rings (SSSR count). The maximum absolute atomic E-state index is 11.4. The van der Waals surface area contributed by atoms with Gasteiger partial charge in [-0.1, -0.05) is 5.10 Å². The molecule has 1 aliphatic heterocycles. The smallest absolute Gasteiger partial charge is 0.318 e. The van der Waals surface area contributed by atoms with E-state index in [9.17, 15) is 4.79 Å².